The molecule has 0 aliphatic carbocycles. The highest BCUT2D eigenvalue weighted by molar-refractivity contribution is 6.30. The first kappa shape index (κ1) is 18.9. The molecule has 4 nitrogen and oxygen atoms in total. The van der Waals surface area contributed by atoms with E-state index >= 15 is 0 Å². The van der Waals surface area contributed by atoms with E-state index in [1.165, 1.54) is 24.3 Å². The number of benzene rings is 3. The summed E-state index contributed by atoms with van der Waals surface area (Å²) in [6.07, 6.45) is 0. The second-order valence-corrected chi connectivity index (χ2v) is 7.03. The Morgan fingerprint density at radius 3 is 2.31 bits per heavy atom. The zero-order chi connectivity index (χ0) is 20.5. The number of fused-ring (bicyclic) bond motifs is 1. The lowest BCUT2D eigenvalue weighted by molar-refractivity contribution is 0.102. The van der Waals surface area contributed by atoms with E-state index < -0.39 is 11.7 Å². The lowest BCUT2D eigenvalue weighted by Gasteiger charge is -2.18. The Hall–Kier alpha value is -3.44. The number of carbonyl (C=O) groups is 1. The molecule has 0 unspecified atom stereocenters. The summed E-state index contributed by atoms with van der Waals surface area (Å²) in [5.41, 5.74) is 1.77. The Balaban J connectivity index is 1.93. The molecule has 4 rings (SSSR count). The van der Waals surface area contributed by atoms with Gasteiger partial charge in [-0.2, -0.15) is 0 Å². The largest absolute Gasteiger partial charge is 0.330 e. The molecule has 0 aliphatic rings. The van der Waals surface area contributed by atoms with E-state index in [0.29, 0.717) is 32.9 Å². The van der Waals surface area contributed by atoms with Gasteiger partial charge in [0.2, 0.25) is 0 Å². The Bertz CT molecular complexity index is 1280. The molecule has 0 aliphatic heterocycles. The number of para-hydroxylation sites is 1. The van der Waals surface area contributed by atoms with Crippen LogP contribution in [-0.4, -0.2) is 10.5 Å². The van der Waals surface area contributed by atoms with Crippen molar-refractivity contribution in [1.82, 2.24) is 4.57 Å². The van der Waals surface area contributed by atoms with Crippen LogP contribution in [0.2, 0.25) is 5.02 Å². The Kier molecular flexibility index (Phi) is 4.91. The van der Waals surface area contributed by atoms with Crippen LogP contribution in [0.3, 0.4) is 0 Å². The number of anilines is 1. The highest BCUT2D eigenvalue weighted by Crippen LogP contribution is 2.29. The topological polar surface area (TPSA) is 51.1 Å². The quantitative estimate of drug-likeness (QED) is 0.505. The number of carbonyl (C=O) groups excluding carboxylic acids is 1. The van der Waals surface area contributed by atoms with E-state index in [4.69, 9.17) is 11.6 Å². The summed E-state index contributed by atoms with van der Waals surface area (Å²) in [6.45, 7) is 0. The molecule has 1 aromatic heterocycles. The van der Waals surface area contributed by atoms with Crippen molar-refractivity contribution in [2.75, 3.05) is 5.32 Å². The number of pyridine rings is 1. The first-order valence-electron chi connectivity index (χ1n) is 8.90. The average Bonchev–Trinajstić information content (AvgIpc) is 2.73. The predicted molar refractivity (Wildman–Crippen MR) is 114 cm³/mol. The third kappa shape index (κ3) is 3.52. The average molecular weight is 407 g/mol. The fraction of sp³-hybridized carbons (Fsp3) is 0.0435. The molecular weight excluding hydrogens is 391 g/mol. The van der Waals surface area contributed by atoms with Gasteiger partial charge in [-0.1, -0.05) is 35.9 Å². The number of nitrogens with one attached hydrogen (secondary N) is 1. The van der Waals surface area contributed by atoms with Crippen LogP contribution in [0.15, 0.2) is 77.6 Å². The van der Waals surface area contributed by atoms with Crippen LogP contribution in [0.4, 0.5) is 10.2 Å². The highest BCUT2D eigenvalue weighted by atomic mass is 35.5. The standard InChI is InChI=1S/C23H16ClFN2O2/c1-27-19-5-3-2-4-18(19)21(28)20(14-6-10-16(24)11-7-14)22(27)26-23(29)15-8-12-17(25)13-9-15/h2-13H,1H3,(H,26,29). The van der Waals surface area contributed by atoms with Gasteiger partial charge in [0.1, 0.15) is 11.6 Å². The molecule has 1 amide bonds. The minimum absolute atomic E-state index is 0.199. The molecule has 6 heteroatoms. The molecule has 0 fully saturated rings. The number of nitrogens with zero attached hydrogens (tertiary/aromatic N) is 1. The van der Waals surface area contributed by atoms with Crippen LogP contribution < -0.4 is 10.7 Å². The molecule has 0 bridgehead atoms. The van der Waals surface area contributed by atoms with E-state index in [1.807, 2.05) is 12.1 Å². The van der Waals surface area contributed by atoms with Crippen LogP contribution in [0.1, 0.15) is 10.4 Å². The maximum atomic E-state index is 13.3. The number of rotatable bonds is 3. The molecule has 0 spiro atoms. The van der Waals surface area contributed by atoms with E-state index in [1.54, 1.807) is 48.0 Å². The van der Waals surface area contributed by atoms with E-state index in [2.05, 4.69) is 5.32 Å². The molecule has 0 atom stereocenters. The molecule has 29 heavy (non-hydrogen) atoms. The lowest BCUT2D eigenvalue weighted by Crippen LogP contribution is -2.21. The molecule has 144 valence electrons. The van der Waals surface area contributed by atoms with Gasteiger partial charge in [0.15, 0.2) is 5.43 Å². The van der Waals surface area contributed by atoms with Gasteiger partial charge in [0, 0.05) is 23.0 Å². The summed E-state index contributed by atoms with van der Waals surface area (Å²) >= 11 is 6.00. The van der Waals surface area contributed by atoms with Crippen LogP contribution in [-0.2, 0) is 7.05 Å². The van der Waals surface area contributed by atoms with Gasteiger partial charge >= 0.3 is 0 Å². The van der Waals surface area contributed by atoms with Crippen molar-refractivity contribution in [2.45, 2.75) is 0 Å². The van der Waals surface area contributed by atoms with Crippen LogP contribution in [0.5, 0.6) is 0 Å². The minimum Gasteiger partial charge on any atom is -0.330 e. The van der Waals surface area contributed by atoms with Crippen molar-refractivity contribution in [3.05, 3.63) is 99.4 Å². The molecule has 0 saturated carbocycles. The summed E-state index contributed by atoms with van der Waals surface area (Å²) in [5.74, 6) is -0.516. The molecule has 3 aromatic carbocycles. The number of halogens is 2. The number of hydrogen-bond donors (Lipinski definition) is 1. The normalized spacial score (nSPS) is 10.9. The van der Waals surface area contributed by atoms with Gasteiger partial charge in [0.05, 0.1) is 11.1 Å². The second-order valence-electron chi connectivity index (χ2n) is 6.60. The van der Waals surface area contributed by atoms with E-state index in [0.717, 1.165) is 0 Å². The Morgan fingerprint density at radius 1 is 0.966 bits per heavy atom. The Labute approximate surface area is 171 Å². The van der Waals surface area contributed by atoms with Gasteiger partial charge in [-0.15, -0.1) is 0 Å². The summed E-state index contributed by atoms with van der Waals surface area (Å²) in [4.78, 5) is 26.1. The number of amides is 1. The predicted octanol–water partition coefficient (Wildman–Crippen LogP) is 5.25. The molecule has 1 heterocycles. The fourth-order valence-corrected chi connectivity index (χ4v) is 3.43. The summed E-state index contributed by atoms with van der Waals surface area (Å²) in [5, 5.41) is 3.92. The van der Waals surface area contributed by atoms with Crippen LogP contribution >= 0.6 is 11.6 Å². The van der Waals surface area contributed by atoms with Gasteiger partial charge in [-0.3, -0.25) is 9.59 Å². The highest BCUT2D eigenvalue weighted by Gasteiger charge is 2.19. The molecular formula is C23H16ClFN2O2. The van der Waals surface area contributed by atoms with Crippen molar-refractivity contribution >= 4 is 34.2 Å². The van der Waals surface area contributed by atoms with Crippen molar-refractivity contribution in [3.8, 4) is 11.1 Å². The fourth-order valence-electron chi connectivity index (χ4n) is 3.30. The number of aromatic nitrogens is 1. The van der Waals surface area contributed by atoms with E-state index in [9.17, 15) is 14.0 Å². The van der Waals surface area contributed by atoms with Gasteiger partial charge in [-0.25, -0.2) is 4.39 Å². The third-order valence-electron chi connectivity index (χ3n) is 4.78. The van der Waals surface area contributed by atoms with Crippen molar-refractivity contribution < 1.29 is 9.18 Å². The van der Waals surface area contributed by atoms with Gasteiger partial charge < -0.3 is 9.88 Å². The molecule has 4 aromatic rings. The zero-order valence-corrected chi connectivity index (χ0v) is 16.2. The van der Waals surface area contributed by atoms with Crippen molar-refractivity contribution in [3.63, 3.8) is 0 Å². The van der Waals surface area contributed by atoms with Crippen LogP contribution in [0.25, 0.3) is 22.0 Å². The van der Waals surface area contributed by atoms with Crippen LogP contribution in [0, 0.1) is 5.82 Å². The lowest BCUT2D eigenvalue weighted by atomic mass is 10.0. The zero-order valence-electron chi connectivity index (χ0n) is 15.4. The second kappa shape index (κ2) is 7.53. The SMILES string of the molecule is Cn1c(NC(=O)c2ccc(F)cc2)c(-c2ccc(Cl)cc2)c(=O)c2ccccc21. The first-order valence-corrected chi connectivity index (χ1v) is 9.28. The smallest absolute Gasteiger partial charge is 0.256 e. The van der Waals surface area contributed by atoms with Crippen molar-refractivity contribution in [1.29, 1.82) is 0 Å². The molecule has 0 saturated heterocycles. The molecule has 0 radical (unpaired) electrons. The summed E-state index contributed by atoms with van der Waals surface area (Å²) < 4.78 is 15.0. The van der Waals surface area contributed by atoms with E-state index in [-0.39, 0.29) is 11.0 Å². The van der Waals surface area contributed by atoms with Gasteiger partial charge in [0.25, 0.3) is 5.91 Å². The Morgan fingerprint density at radius 2 is 1.62 bits per heavy atom. The van der Waals surface area contributed by atoms with Gasteiger partial charge in [-0.05, 0) is 54.1 Å². The maximum absolute atomic E-state index is 13.3. The summed E-state index contributed by atoms with van der Waals surface area (Å²) in [6, 6.07) is 19.3. The number of aryl methyl sites for hydroxylation is 1. The summed E-state index contributed by atoms with van der Waals surface area (Å²) in [7, 11) is 1.78. The maximum Gasteiger partial charge on any atom is 0.256 e. The third-order valence-corrected chi connectivity index (χ3v) is 5.03. The molecule has 1 N–H and O–H groups in total. The van der Waals surface area contributed by atoms with Crippen molar-refractivity contribution in [2.24, 2.45) is 7.05 Å². The first-order chi connectivity index (χ1) is 14.0. The monoisotopic (exact) mass is 406 g/mol. The minimum atomic E-state index is -0.439. The number of hydrogen-bond acceptors (Lipinski definition) is 2.